The molecule has 0 radical (unpaired) electrons. The largest absolute Gasteiger partial charge is 0.340 e. The second kappa shape index (κ2) is 4.58. The number of piperidine rings is 1. The van der Waals surface area contributed by atoms with Gasteiger partial charge in [-0.15, -0.1) is 0 Å². The molecular weight excluding hydrogens is 192 g/mol. The first-order valence-corrected chi connectivity index (χ1v) is 5.29. The lowest BCUT2D eigenvalue weighted by molar-refractivity contribution is -0.137. The maximum absolute atomic E-state index is 11.7. The van der Waals surface area contributed by atoms with Crippen molar-refractivity contribution in [2.45, 2.75) is 39.7 Å². The smallest absolute Gasteiger partial charge is 0.235 e. The normalized spacial score (nSPS) is 22.1. The number of likely N-dealkylation sites (tertiary alicyclic amines) is 1. The molecule has 1 rings (SSSR count). The van der Waals surface area contributed by atoms with Crippen molar-refractivity contribution in [2.24, 2.45) is 10.4 Å². The molecule has 1 aliphatic rings. The van der Waals surface area contributed by atoms with Crippen LogP contribution < -0.4 is 0 Å². The zero-order valence-corrected chi connectivity index (χ0v) is 9.62. The molecule has 1 amide bonds. The molecule has 0 aromatic heterocycles. The van der Waals surface area contributed by atoms with Gasteiger partial charge in [0, 0.05) is 19.5 Å². The predicted molar refractivity (Wildman–Crippen MR) is 57.2 cm³/mol. The Bertz CT molecular complexity index is 293. The number of isocyanates is 1. The summed E-state index contributed by atoms with van der Waals surface area (Å²) in [5.41, 5.74) is 0.116. The molecule has 4 heteroatoms. The molecule has 84 valence electrons. The first-order valence-electron chi connectivity index (χ1n) is 5.29. The Labute approximate surface area is 90.4 Å². The molecule has 0 aromatic rings. The van der Waals surface area contributed by atoms with E-state index in [2.05, 4.69) is 18.8 Å². The Kier molecular flexibility index (Phi) is 3.64. The molecule has 0 spiro atoms. The molecule has 0 aliphatic carbocycles. The van der Waals surface area contributed by atoms with Crippen LogP contribution in [0.4, 0.5) is 0 Å². The Balaban J connectivity index is 2.52. The number of hydrogen-bond donors (Lipinski definition) is 0. The molecule has 1 fully saturated rings. The summed E-state index contributed by atoms with van der Waals surface area (Å²) in [6.45, 7) is 7.33. The van der Waals surface area contributed by atoms with Crippen LogP contribution in [0.1, 0.15) is 33.6 Å². The summed E-state index contributed by atoms with van der Waals surface area (Å²) >= 11 is 0. The fraction of sp³-hybridized carbons (Fsp3) is 0.818. The van der Waals surface area contributed by atoms with E-state index in [0.29, 0.717) is 13.0 Å². The van der Waals surface area contributed by atoms with Crippen LogP contribution in [-0.2, 0) is 9.59 Å². The van der Waals surface area contributed by atoms with E-state index in [0.717, 1.165) is 13.0 Å². The summed E-state index contributed by atoms with van der Waals surface area (Å²) < 4.78 is 0. The minimum atomic E-state index is -0.146. The van der Waals surface area contributed by atoms with E-state index in [1.807, 2.05) is 6.92 Å². The van der Waals surface area contributed by atoms with Crippen LogP contribution in [0.25, 0.3) is 0 Å². The fourth-order valence-corrected chi connectivity index (χ4v) is 1.81. The van der Waals surface area contributed by atoms with E-state index < -0.39 is 0 Å². The molecular formula is C11H18N2O2. The van der Waals surface area contributed by atoms with Crippen LogP contribution in [0.3, 0.4) is 0 Å². The number of amides is 1. The second-order valence-corrected chi connectivity index (χ2v) is 5.00. The lowest BCUT2D eigenvalue weighted by Gasteiger charge is -2.36. The molecule has 0 N–H and O–H groups in total. The third-order valence-corrected chi connectivity index (χ3v) is 2.80. The zero-order valence-electron chi connectivity index (χ0n) is 9.62. The van der Waals surface area contributed by atoms with E-state index in [1.165, 1.54) is 6.08 Å². The Morgan fingerprint density at radius 2 is 2.27 bits per heavy atom. The number of hydrogen-bond acceptors (Lipinski definition) is 3. The van der Waals surface area contributed by atoms with Crippen molar-refractivity contribution in [2.75, 3.05) is 13.1 Å². The number of carbonyl (C=O) groups excluding carboxylic acids is 2. The Hall–Kier alpha value is -1.15. The second-order valence-electron chi connectivity index (χ2n) is 5.00. The van der Waals surface area contributed by atoms with Gasteiger partial charge in [0.05, 0.1) is 6.04 Å². The van der Waals surface area contributed by atoms with Gasteiger partial charge in [-0.25, -0.2) is 9.79 Å². The van der Waals surface area contributed by atoms with E-state index in [-0.39, 0.29) is 17.4 Å². The average molecular weight is 210 g/mol. The maximum atomic E-state index is 11.7. The van der Waals surface area contributed by atoms with E-state index in [9.17, 15) is 9.59 Å². The third kappa shape index (κ3) is 3.48. The van der Waals surface area contributed by atoms with Crippen LogP contribution in [-0.4, -0.2) is 36.0 Å². The van der Waals surface area contributed by atoms with Crippen LogP contribution in [0.5, 0.6) is 0 Å². The van der Waals surface area contributed by atoms with Crippen molar-refractivity contribution in [3.8, 4) is 0 Å². The van der Waals surface area contributed by atoms with Crippen molar-refractivity contribution < 1.29 is 9.59 Å². The molecule has 4 nitrogen and oxygen atoms in total. The molecule has 15 heavy (non-hydrogen) atoms. The van der Waals surface area contributed by atoms with Crippen molar-refractivity contribution in [1.82, 2.24) is 4.90 Å². The van der Waals surface area contributed by atoms with Crippen LogP contribution in [0, 0.1) is 5.41 Å². The van der Waals surface area contributed by atoms with E-state index in [1.54, 1.807) is 4.90 Å². The van der Waals surface area contributed by atoms with Crippen molar-refractivity contribution >= 4 is 12.0 Å². The highest BCUT2D eigenvalue weighted by atomic mass is 16.2. The summed E-state index contributed by atoms with van der Waals surface area (Å²) in [6.07, 6.45) is 3.12. The van der Waals surface area contributed by atoms with Crippen LogP contribution in [0.15, 0.2) is 4.99 Å². The summed E-state index contributed by atoms with van der Waals surface area (Å²) in [5, 5.41) is 0. The van der Waals surface area contributed by atoms with Gasteiger partial charge in [0.15, 0.2) is 0 Å². The minimum absolute atomic E-state index is 0.116. The highest BCUT2D eigenvalue weighted by Gasteiger charge is 2.31. The van der Waals surface area contributed by atoms with Gasteiger partial charge < -0.3 is 4.90 Å². The van der Waals surface area contributed by atoms with Gasteiger partial charge in [-0.05, 0) is 18.8 Å². The summed E-state index contributed by atoms with van der Waals surface area (Å²) in [5.74, 6) is 0.166. The molecule has 0 bridgehead atoms. The zero-order chi connectivity index (χ0) is 11.5. The van der Waals surface area contributed by atoms with Gasteiger partial charge in [0.2, 0.25) is 12.0 Å². The molecule has 0 saturated carbocycles. The van der Waals surface area contributed by atoms with Crippen molar-refractivity contribution in [3.05, 3.63) is 0 Å². The van der Waals surface area contributed by atoms with Gasteiger partial charge >= 0.3 is 0 Å². The Morgan fingerprint density at radius 3 is 2.80 bits per heavy atom. The SMILES string of the molecule is CC(CN1CCC(C)(C)CC1=O)N=C=O. The standard InChI is InChI=1S/C11H18N2O2/c1-9(12-8-14)7-13-5-4-11(2,3)6-10(13)15/h9H,4-7H2,1-3H3. The number of rotatable bonds is 3. The quantitative estimate of drug-likeness (QED) is 0.521. The molecule has 1 unspecified atom stereocenters. The van der Waals surface area contributed by atoms with E-state index >= 15 is 0 Å². The average Bonchev–Trinajstić information content (AvgIpc) is 2.10. The molecule has 1 aliphatic heterocycles. The van der Waals surface area contributed by atoms with Crippen molar-refractivity contribution in [1.29, 1.82) is 0 Å². The molecule has 1 heterocycles. The van der Waals surface area contributed by atoms with E-state index in [4.69, 9.17) is 0 Å². The van der Waals surface area contributed by atoms with Gasteiger partial charge in [0.1, 0.15) is 0 Å². The Morgan fingerprint density at radius 1 is 1.60 bits per heavy atom. The van der Waals surface area contributed by atoms with Gasteiger partial charge in [-0.3, -0.25) is 4.79 Å². The summed E-state index contributed by atoms with van der Waals surface area (Å²) in [7, 11) is 0. The van der Waals surface area contributed by atoms with Gasteiger partial charge in [-0.1, -0.05) is 13.8 Å². The highest BCUT2D eigenvalue weighted by molar-refractivity contribution is 5.77. The predicted octanol–water partition coefficient (Wildman–Crippen LogP) is 1.36. The fourth-order valence-electron chi connectivity index (χ4n) is 1.81. The lowest BCUT2D eigenvalue weighted by Crippen LogP contribution is -2.44. The van der Waals surface area contributed by atoms with Crippen LogP contribution in [0.2, 0.25) is 0 Å². The number of aliphatic imine (C=N–C) groups is 1. The van der Waals surface area contributed by atoms with Gasteiger partial charge in [-0.2, -0.15) is 0 Å². The first-order chi connectivity index (χ1) is 6.94. The monoisotopic (exact) mass is 210 g/mol. The highest BCUT2D eigenvalue weighted by Crippen LogP contribution is 2.30. The minimum Gasteiger partial charge on any atom is -0.340 e. The number of nitrogens with zero attached hydrogens (tertiary/aromatic N) is 2. The maximum Gasteiger partial charge on any atom is 0.235 e. The summed E-state index contributed by atoms with van der Waals surface area (Å²) in [6, 6.07) is -0.146. The first kappa shape index (κ1) is 11.9. The molecule has 1 saturated heterocycles. The lowest BCUT2D eigenvalue weighted by atomic mass is 9.82. The third-order valence-electron chi connectivity index (χ3n) is 2.80. The molecule has 0 aromatic carbocycles. The van der Waals surface area contributed by atoms with Crippen LogP contribution >= 0.6 is 0 Å². The topological polar surface area (TPSA) is 49.7 Å². The summed E-state index contributed by atoms with van der Waals surface area (Å²) in [4.78, 5) is 27.2. The van der Waals surface area contributed by atoms with Crippen molar-refractivity contribution in [3.63, 3.8) is 0 Å². The number of carbonyl (C=O) groups is 1. The molecule has 1 atom stereocenters. The van der Waals surface area contributed by atoms with Gasteiger partial charge in [0.25, 0.3) is 0 Å².